The Labute approximate surface area is 172 Å². The maximum Gasteiger partial charge on any atom is 0.239 e. The summed E-state index contributed by atoms with van der Waals surface area (Å²) in [6, 6.07) is 6.95. The number of guanidine groups is 1. The molecule has 0 radical (unpaired) electrons. The molecule has 1 aliphatic heterocycles. The van der Waals surface area contributed by atoms with Crippen LogP contribution in [0.3, 0.4) is 0 Å². The molecule has 3 aromatic rings. The number of aromatic nitrogens is 2. The molecule has 1 unspecified atom stereocenters. The first-order valence-electron chi connectivity index (χ1n) is 8.93. The highest BCUT2D eigenvalue weighted by molar-refractivity contribution is 7.89. The zero-order valence-electron chi connectivity index (χ0n) is 16.2. The molecule has 0 aliphatic carbocycles. The van der Waals surface area contributed by atoms with E-state index in [9.17, 15) is 12.8 Å². The zero-order valence-corrected chi connectivity index (χ0v) is 17.0. The van der Waals surface area contributed by atoms with Gasteiger partial charge < -0.3 is 15.8 Å². The van der Waals surface area contributed by atoms with Crippen molar-refractivity contribution in [3.05, 3.63) is 54.1 Å². The Kier molecular flexibility index (Phi) is 4.90. The van der Waals surface area contributed by atoms with Crippen molar-refractivity contribution in [2.45, 2.75) is 6.04 Å². The van der Waals surface area contributed by atoms with Gasteiger partial charge in [-0.3, -0.25) is 0 Å². The number of hydrogen-bond donors (Lipinski definition) is 2. The fourth-order valence-electron chi connectivity index (χ4n) is 3.15. The van der Waals surface area contributed by atoms with Crippen LogP contribution in [-0.2, 0) is 10.0 Å². The summed E-state index contributed by atoms with van der Waals surface area (Å²) in [6.45, 7) is 0. The highest BCUT2D eigenvalue weighted by Crippen LogP contribution is 2.31. The van der Waals surface area contributed by atoms with E-state index in [4.69, 9.17) is 10.5 Å². The summed E-state index contributed by atoms with van der Waals surface area (Å²) in [5, 5.41) is 3.92. The molecule has 3 N–H and O–H groups in total. The fourth-order valence-corrected chi connectivity index (χ4v) is 4.36. The number of methoxy groups -OCH3 is 1. The van der Waals surface area contributed by atoms with Crippen molar-refractivity contribution in [3.63, 3.8) is 0 Å². The number of aliphatic imine (C=N–C) groups is 1. The normalized spacial score (nSPS) is 18.2. The molecular weight excluding hydrogens is 411 g/mol. The Hall–Kier alpha value is -3.47. The van der Waals surface area contributed by atoms with E-state index in [0.717, 1.165) is 9.69 Å². The quantitative estimate of drug-likeness (QED) is 0.650. The molecule has 30 heavy (non-hydrogen) atoms. The lowest BCUT2D eigenvalue weighted by Gasteiger charge is -2.27. The summed E-state index contributed by atoms with van der Waals surface area (Å²) < 4.78 is 45.1. The molecule has 11 heteroatoms. The van der Waals surface area contributed by atoms with E-state index in [-0.39, 0.29) is 17.3 Å². The third-order valence-corrected chi connectivity index (χ3v) is 6.58. The maximum absolute atomic E-state index is 14.5. The van der Waals surface area contributed by atoms with Crippen LogP contribution in [0.1, 0.15) is 11.6 Å². The largest absolute Gasteiger partial charge is 0.495 e. The summed E-state index contributed by atoms with van der Waals surface area (Å²) in [5.41, 5.74) is 6.94. The predicted octanol–water partition coefficient (Wildman–Crippen LogP) is 2.15. The van der Waals surface area contributed by atoms with Crippen molar-refractivity contribution in [1.29, 1.82) is 0 Å². The third-order valence-electron chi connectivity index (χ3n) is 4.82. The predicted molar refractivity (Wildman–Crippen MR) is 112 cm³/mol. The molecule has 2 aromatic heterocycles. The first-order valence-corrected chi connectivity index (χ1v) is 10.5. The second-order valence-corrected chi connectivity index (χ2v) is 8.76. The molecule has 0 saturated carbocycles. The van der Waals surface area contributed by atoms with E-state index >= 15 is 0 Å². The SMILES string of the molecule is COc1cnc2c(Nc3ccc(F)c(C4CS(=O)(=O)N(C)C(N)=N4)c3)nccc2c1. The monoisotopic (exact) mass is 430 g/mol. The lowest BCUT2D eigenvalue weighted by atomic mass is 10.1. The topological polar surface area (TPSA) is 123 Å². The maximum atomic E-state index is 14.5. The average molecular weight is 430 g/mol. The van der Waals surface area contributed by atoms with Gasteiger partial charge in [0.1, 0.15) is 17.1 Å². The summed E-state index contributed by atoms with van der Waals surface area (Å²) >= 11 is 0. The molecule has 0 spiro atoms. The lowest BCUT2D eigenvalue weighted by molar-refractivity contribution is 0.414. The van der Waals surface area contributed by atoms with Crippen molar-refractivity contribution in [1.82, 2.24) is 14.3 Å². The first-order chi connectivity index (χ1) is 14.3. The van der Waals surface area contributed by atoms with E-state index in [1.54, 1.807) is 25.6 Å². The average Bonchev–Trinajstić information content (AvgIpc) is 2.72. The minimum Gasteiger partial charge on any atom is -0.495 e. The number of rotatable bonds is 4. The highest BCUT2D eigenvalue weighted by Gasteiger charge is 2.32. The molecule has 1 atom stereocenters. The van der Waals surface area contributed by atoms with Crippen molar-refractivity contribution >= 4 is 38.4 Å². The smallest absolute Gasteiger partial charge is 0.239 e. The van der Waals surface area contributed by atoms with Gasteiger partial charge >= 0.3 is 0 Å². The Morgan fingerprint density at radius 1 is 1.27 bits per heavy atom. The Bertz CT molecular complexity index is 1260. The van der Waals surface area contributed by atoms with Gasteiger partial charge in [-0.15, -0.1) is 0 Å². The van der Waals surface area contributed by atoms with E-state index in [2.05, 4.69) is 20.3 Å². The number of pyridine rings is 2. The molecule has 9 nitrogen and oxygen atoms in total. The molecule has 0 bridgehead atoms. The number of fused-ring (bicyclic) bond motifs is 1. The number of anilines is 2. The van der Waals surface area contributed by atoms with Gasteiger partial charge in [0.15, 0.2) is 5.82 Å². The number of sulfonamides is 1. The van der Waals surface area contributed by atoms with Crippen LogP contribution in [0, 0.1) is 5.82 Å². The number of ether oxygens (including phenoxy) is 1. The molecule has 0 saturated heterocycles. The van der Waals surface area contributed by atoms with Gasteiger partial charge in [-0.05, 0) is 30.3 Å². The second kappa shape index (κ2) is 7.41. The van der Waals surface area contributed by atoms with Crippen molar-refractivity contribution in [2.24, 2.45) is 10.7 Å². The number of nitrogens with one attached hydrogen (secondary N) is 1. The Morgan fingerprint density at radius 3 is 2.80 bits per heavy atom. The molecule has 0 amide bonds. The molecule has 3 heterocycles. The van der Waals surface area contributed by atoms with Crippen molar-refractivity contribution in [3.8, 4) is 5.75 Å². The molecule has 0 fully saturated rings. The first kappa shape index (κ1) is 19.8. The molecule has 1 aliphatic rings. The van der Waals surface area contributed by atoms with Crippen molar-refractivity contribution < 1.29 is 17.5 Å². The van der Waals surface area contributed by atoms with Crippen LogP contribution in [0.4, 0.5) is 15.9 Å². The van der Waals surface area contributed by atoms with Crippen LogP contribution >= 0.6 is 0 Å². The van der Waals surface area contributed by atoms with Gasteiger partial charge in [-0.25, -0.2) is 32.1 Å². The van der Waals surface area contributed by atoms with Gasteiger partial charge in [-0.2, -0.15) is 0 Å². The minimum atomic E-state index is -3.68. The highest BCUT2D eigenvalue weighted by atomic mass is 32.2. The number of benzene rings is 1. The van der Waals surface area contributed by atoms with Gasteiger partial charge in [-0.1, -0.05) is 0 Å². The fraction of sp³-hybridized carbons (Fsp3) is 0.211. The van der Waals surface area contributed by atoms with Gasteiger partial charge in [0.05, 0.1) is 25.1 Å². The number of hydrogen-bond acceptors (Lipinski definition) is 8. The molecule has 4 rings (SSSR count). The lowest BCUT2D eigenvalue weighted by Crippen LogP contribution is -2.45. The van der Waals surface area contributed by atoms with Gasteiger partial charge in [0.25, 0.3) is 0 Å². The van der Waals surface area contributed by atoms with Crippen LogP contribution < -0.4 is 15.8 Å². The van der Waals surface area contributed by atoms with Crippen molar-refractivity contribution in [2.75, 3.05) is 25.2 Å². The number of halogens is 1. The summed E-state index contributed by atoms with van der Waals surface area (Å²) in [4.78, 5) is 12.8. The van der Waals surface area contributed by atoms with Crippen LogP contribution in [-0.4, -0.2) is 48.6 Å². The molecular formula is C19H19FN6O3S. The number of nitrogens with two attached hydrogens (primary N) is 1. The number of nitrogens with zero attached hydrogens (tertiary/aromatic N) is 4. The van der Waals surface area contributed by atoms with E-state index in [0.29, 0.717) is 22.8 Å². The van der Waals surface area contributed by atoms with Crippen LogP contribution in [0.25, 0.3) is 10.9 Å². The van der Waals surface area contributed by atoms with Gasteiger partial charge in [0.2, 0.25) is 16.0 Å². The van der Waals surface area contributed by atoms with E-state index < -0.39 is 21.9 Å². The summed E-state index contributed by atoms with van der Waals surface area (Å²) in [7, 11) is -0.806. The standard InChI is InChI=1S/C19H19FN6O3S/c1-26-19(21)25-16(10-30(26,27)28)14-8-12(3-4-15(14)20)24-18-17-11(5-6-22-18)7-13(29-2)9-23-17/h3-9,16H,10H2,1-2H3,(H2,21,25)(H,22,24). The van der Waals surface area contributed by atoms with E-state index in [1.807, 2.05) is 6.07 Å². The molecule has 156 valence electrons. The van der Waals surface area contributed by atoms with Crippen LogP contribution in [0.5, 0.6) is 5.75 Å². The third kappa shape index (κ3) is 3.59. The Balaban J connectivity index is 1.71. The minimum absolute atomic E-state index is 0.120. The van der Waals surface area contributed by atoms with Gasteiger partial charge in [0, 0.05) is 29.9 Å². The van der Waals surface area contributed by atoms with Crippen LogP contribution in [0.15, 0.2) is 47.7 Å². The zero-order chi connectivity index (χ0) is 21.5. The summed E-state index contributed by atoms with van der Waals surface area (Å²) in [6.07, 6.45) is 3.19. The van der Waals surface area contributed by atoms with Crippen LogP contribution in [0.2, 0.25) is 0 Å². The second-order valence-electron chi connectivity index (χ2n) is 6.72. The Morgan fingerprint density at radius 2 is 2.07 bits per heavy atom. The van der Waals surface area contributed by atoms with E-state index in [1.165, 1.54) is 25.2 Å². The summed E-state index contributed by atoms with van der Waals surface area (Å²) in [5.74, 6) is -0.0545. The molecule has 1 aromatic carbocycles.